The minimum Gasteiger partial charge on any atom is -0.466 e. The van der Waals surface area contributed by atoms with Crippen molar-refractivity contribution in [1.82, 2.24) is 19.9 Å². The van der Waals surface area contributed by atoms with E-state index in [0.717, 1.165) is 28.3 Å². The Morgan fingerprint density at radius 2 is 1.62 bits per heavy atom. The molecule has 1 fully saturated rings. The number of nitrogens with zero attached hydrogens (tertiary/aromatic N) is 2. The number of aromatic nitrogens is 4. The zero-order chi connectivity index (χ0) is 22.3. The second-order valence-corrected chi connectivity index (χ2v) is 9.10. The maximum Gasteiger partial charge on any atom is 0.377 e. The minimum absolute atomic E-state index is 0.0606. The zero-order valence-electron chi connectivity index (χ0n) is 16.7. The molecule has 9 nitrogen and oxygen atoms in total. The van der Waals surface area contributed by atoms with Crippen LogP contribution >= 0.6 is 23.5 Å². The van der Waals surface area contributed by atoms with Crippen LogP contribution in [-0.2, 0) is 23.9 Å². The van der Waals surface area contributed by atoms with Crippen molar-refractivity contribution in [1.29, 1.82) is 0 Å². The standard InChI is InChI=1S/C21H16N4O5S2/c1-29-18(28)21(10-31-19-22-11-6-2-3-7-12(11)23-19)16(15(26)17(27)30-21)32-20-24-13-8-4-5-9-14(13)25-20/h2-9,16H,10H2,1H3,(H,22,23)(H,24,25). The molecule has 0 amide bonds. The van der Waals surface area contributed by atoms with Gasteiger partial charge >= 0.3 is 11.9 Å². The average Bonchev–Trinajstić information content (AvgIpc) is 3.47. The van der Waals surface area contributed by atoms with Gasteiger partial charge in [0.15, 0.2) is 10.3 Å². The van der Waals surface area contributed by atoms with Crippen LogP contribution in [0.5, 0.6) is 0 Å². The van der Waals surface area contributed by atoms with Crippen LogP contribution in [0.15, 0.2) is 58.8 Å². The van der Waals surface area contributed by atoms with Gasteiger partial charge in [-0.05, 0) is 24.3 Å². The van der Waals surface area contributed by atoms with Crippen molar-refractivity contribution in [2.24, 2.45) is 0 Å². The molecule has 2 unspecified atom stereocenters. The van der Waals surface area contributed by atoms with Crippen LogP contribution in [0.4, 0.5) is 0 Å². The van der Waals surface area contributed by atoms with E-state index in [9.17, 15) is 14.4 Å². The van der Waals surface area contributed by atoms with Crippen LogP contribution in [0.1, 0.15) is 0 Å². The molecule has 0 spiro atoms. The highest BCUT2D eigenvalue weighted by molar-refractivity contribution is 8.01. The molecule has 2 aromatic carbocycles. The summed E-state index contributed by atoms with van der Waals surface area (Å²) in [6, 6.07) is 14.8. The molecule has 3 heterocycles. The van der Waals surface area contributed by atoms with E-state index in [1.165, 1.54) is 18.9 Å². The third-order valence-corrected chi connectivity index (χ3v) is 7.34. The fourth-order valence-electron chi connectivity index (χ4n) is 3.49. The van der Waals surface area contributed by atoms with Gasteiger partial charge in [0.05, 0.1) is 34.9 Å². The van der Waals surface area contributed by atoms with Gasteiger partial charge in [-0.1, -0.05) is 47.8 Å². The number of Topliss-reactive ketones (excluding diaryl/α,β-unsaturated/α-hetero) is 1. The van der Waals surface area contributed by atoms with Crippen molar-refractivity contribution < 1.29 is 23.9 Å². The van der Waals surface area contributed by atoms with E-state index in [1.54, 1.807) is 0 Å². The van der Waals surface area contributed by atoms with E-state index in [2.05, 4.69) is 19.9 Å². The van der Waals surface area contributed by atoms with Gasteiger partial charge in [0.2, 0.25) is 5.60 Å². The Bertz CT molecular complexity index is 1300. The van der Waals surface area contributed by atoms with E-state index in [-0.39, 0.29) is 5.75 Å². The summed E-state index contributed by atoms with van der Waals surface area (Å²) in [5.74, 6) is -2.76. The van der Waals surface area contributed by atoms with Crippen molar-refractivity contribution in [3.63, 3.8) is 0 Å². The number of hydrogen-bond donors (Lipinski definition) is 2. The maximum absolute atomic E-state index is 12.9. The zero-order valence-corrected chi connectivity index (χ0v) is 18.3. The van der Waals surface area contributed by atoms with E-state index < -0.39 is 28.6 Å². The number of nitrogens with one attached hydrogen (secondary N) is 2. The van der Waals surface area contributed by atoms with Crippen molar-refractivity contribution in [2.75, 3.05) is 12.9 Å². The highest BCUT2D eigenvalue weighted by Crippen LogP contribution is 2.41. The number of fused-ring (bicyclic) bond motifs is 2. The molecule has 5 rings (SSSR count). The molecule has 162 valence electrons. The number of aromatic amines is 2. The highest BCUT2D eigenvalue weighted by Gasteiger charge is 2.62. The van der Waals surface area contributed by atoms with Gasteiger partial charge in [0.25, 0.3) is 5.78 Å². The Hall–Kier alpha value is -3.31. The first-order valence-corrected chi connectivity index (χ1v) is 11.4. The van der Waals surface area contributed by atoms with Gasteiger partial charge in [-0.2, -0.15) is 0 Å². The van der Waals surface area contributed by atoms with E-state index in [0.29, 0.717) is 15.8 Å². The number of ketones is 1. The van der Waals surface area contributed by atoms with Crippen molar-refractivity contribution in [3.8, 4) is 0 Å². The predicted molar refractivity (Wildman–Crippen MR) is 118 cm³/mol. The summed E-state index contributed by atoms with van der Waals surface area (Å²) in [4.78, 5) is 53.0. The van der Waals surface area contributed by atoms with Gasteiger partial charge in [-0.25, -0.2) is 19.6 Å². The molecule has 0 bridgehead atoms. The van der Waals surface area contributed by atoms with Gasteiger partial charge < -0.3 is 19.4 Å². The van der Waals surface area contributed by atoms with Crippen molar-refractivity contribution >= 4 is 63.3 Å². The van der Waals surface area contributed by atoms with Crippen molar-refractivity contribution in [2.45, 2.75) is 21.2 Å². The number of ether oxygens (including phenoxy) is 2. The number of para-hydroxylation sites is 4. The second-order valence-electron chi connectivity index (χ2n) is 7.04. The van der Waals surface area contributed by atoms with Crippen LogP contribution in [0.25, 0.3) is 22.1 Å². The first-order chi connectivity index (χ1) is 15.5. The number of H-pyrrole nitrogens is 2. The number of hydrogen-bond acceptors (Lipinski definition) is 9. The number of esters is 2. The van der Waals surface area contributed by atoms with Crippen LogP contribution in [0.2, 0.25) is 0 Å². The normalized spacial score (nSPS) is 20.7. The largest absolute Gasteiger partial charge is 0.466 e. The topological polar surface area (TPSA) is 127 Å². The summed E-state index contributed by atoms with van der Waals surface area (Å²) >= 11 is 2.14. The molecule has 1 aliphatic heterocycles. The summed E-state index contributed by atoms with van der Waals surface area (Å²) in [5.41, 5.74) is 1.24. The van der Waals surface area contributed by atoms with Crippen molar-refractivity contribution in [3.05, 3.63) is 48.5 Å². The summed E-state index contributed by atoms with van der Waals surface area (Å²) in [5, 5.41) is -0.248. The number of benzene rings is 2. The van der Waals surface area contributed by atoms with Gasteiger partial charge in [0.1, 0.15) is 5.25 Å². The third-order valence-electron chi connectivity index (χ3n) is 5.06. The average molecular weight is 469 g/mol. The van der Waals surface area contributed by atoms with Crippen LogP contribution in [-0.4, -0.2) is 61.4 Å². The molecule has 2 atom stereocenters. The van der Waals surface area contributed by atoms with E-state index in [4.69, 9.17) is 9.47 Å². The lowest BCUT2D eigenvalue weighted by atomic mass is 10.0. The molecular weight excluding hydrogens is 452 g/mol. The number of imidazole rings is 2. The predicted octanol–water partition coefficient (Wildman–Crippen LogP) is 2.73. The van der Waals surface area contributed by atoms with Gasteiger partial charge in [-0.3, -0.25) is 4.79 Å². The molecular formula is C21H16N4O5S2. The second kappa shape index (κ2) is 7.99. The molecule has 11 heteroatoms. The smallest absolute Gasteiger partial charge is 0.377 e. The number of carbonyl (C=O) groups is 3. The number of methoxy groups -OCH3 is 1. The Labute approximate surface area is 189 Å². The number of cyclic esters (lactones) is 1. The number of carbonyl (C=O) groups excluding carboxylic acids is 3. The summed E-state index contributed by atoms with van der Waals surface area (Å²) in [6.07, 6.45) is 0. The molecule has 0 saturated carbocycles. The molecule has 32 heavy (non-hydrogen) atoms. The lowest BCUT2D eigenvalue weighted by molar-refractivity contribution is -0.169. The van der Waals surface area contributed by atoms with Gasteiger partial charge in [0, 0.05) is 0 Å². The van der Waals surface area contributed by atoms with E-state index in [1.807, 2.05) is 48.5 Å². The summed E-state index contributed by atoms with van der Waals surface area (Å²) < 4.78 is 10.3. The van der Waals surface area contributed by atoms with E-state index >= 15 is 0 Å². The SMILES string of the molecule is COC(=O)C1(CSc2nc3ccccc3[nH]2)OC(=O)C(=O)C1Sc1nc2ccccc2[nH]1. The highest BCUT2D eigenvalue weighted by atomic mass is 32.2. The molecule has 2 N–H and O–H groups in total. The molecule has 2 aromatic heterocycles. The Balaban J connectivity index is 1.47. The summed E-state index contributed by atoms with van der Waals surface area (Å²) in [7, 11) is 1.19. The Morgan fingerprint density at radius 1 is 1.03 bits per heavy atom. The number of rotatable bonds is 6. The maximum atomic E-state index is 12.9. The fraction of sp³-hybridized carbons (Fsp3) is 0.190. The molecule has 0 aliphatic carbocycles. The Morgan fingerprint density at radius 3 is 2.25 bits per heavy atom. The monoisotopic (exact) mass is 468 g/mol. The first-order valence-electron chi connectivity index (χ1n) is 9.55. The fourth-order valence-corrected chi connectivity index (χ4v) is 5.80. The van der Waals surface area contributed by atoms with Crippen LogP contribution in [0.3, 0.4) is 0 Å². The third kappa shape index (κ3) is 3.43. The van der Waals surface area contributed by atoms with Gasteiger partial charge in [-0.15, -0.1) is 0 Å². The lowest BCUT2D eigenvalue weighted by Crippen LogP contribution is -2.50. The quantitative estimate of drug-likeness (QED) is 0.249. The van der Waals surface area contributed by atoms with Crippen LogP contribution in [0, 0.1) is 0 Å². The molecule has 0 radical (unpaired) electrons. The Kier molecular flexibility index (Phi) is 5.14. The molecule has 4 aromatic rings. The number of thioether (sulfide) groups is 2. The lowest BCUT2D eigenvalue weighted by Gasteiger charge is -2.27. The summed E-state index contributed by atoms with van der Waals surface area (Å²) in [6.45, 7) is 0. The minimum atomic E-state index is -1.82. The van der Waals surface area contributed by atoms with Crippen LogP contribution < -0.4 is 0 Å². The molecule has 1 saturated heterocycles. The first kappa shape index (κ1) is 20.6. The molecule has 1 aliphatic rings.